The molecule has 0 aromatic heterocycles. The Balaban J connectivity index is 3.60. The van der Waals surface area contributed by atoms with Crippen LogP contribution in [0.2, 0.25) is 0 Å². The third-order valence-electron chi connectivity index (χ3n) is 6.64. The van der Waals surface area contributed by atoms with Gasteiger partial charge in [0, 0.05) is 6.42 Å². The molecule has 0 bridgehead atoms. The molecule has 0 heterocycles. The first-order valence-electron chi connectivity index (χ1n) is 10.8. The van der Waals surface area contributed by atoms with Gasteiger partial charge in [-0.25, -0.2) is 0 Å². The van der Waals surface area contributed by atoms with Crippen molar-refractivity contribution in [1.29, 1.82) is 0 Å². The molecule has 2 atom stereocenters. The fourth-order valence-electron chi connectivity index (χ4n) is 3.79. The van der Waals surface area contributed by atoms with Crippen molar-refractivity contribution in [2.24, 2.45) is 11.8 Å². The van der Waals surface area contributed by atoms with Crippen LogP contribution in [0.4, 0.5) is 92.2 Å². The average molecular weight is 656 g/mol. The highest BCUT2D eigenvalue weighted by Gasteiger charge is 2.97. The molecule has 0 saturated heterocycles. The summed E-state index contributed by atoms with van der Waals surface area (Å²) < 4.78 is 282. The minimum atomic E-state index is -9.14. The zero-order valence-electron chi connectivity index (χ0n) is 20.0. The molecule has 0 fully saturated rings. The molecular formula is C20H17F21. The fraction of sp³-hybridized carbons (Fsp3) is 0.900. The van der Waals surface area contributed by atoms with Gasteiger partial charge in [0.1, 0.15) is 0 Å². The van der Waals surface area contributed by atoms with Crippen molar-refractivity contribution < 1.29 is 92.2 Å². The highest BCUT2D eigenvalue weighted by molar-refractivity contribution is 5.18. The van der Waals surface area contributed by atoms with Crippen LogP contribution in [0.5, 0.6) is 0 Å². The van der Waals surface area contributed by atoms with Crippen LogP contribution in [-0.4, -0.2) is 59.5 Å². The van der Waals surface area contributed by atoms with Crippen molar-refractivity contribution in [2.45, 2.75) is 99.0 Å². The van der Waals surface area contributed by atoms with E-state index in [0.717, 1.165) is 0 Å². The molecular weight excluding hydrogens is 639 g/mol. The van der Waals surface area contributed by atoms with Gasteiger partial charge < -0.3 is 0 Å². The van der Waals surface area contributed by atoms with Gasteiger partial charge in [-0.1, -0.05) is 18.6 Å². The summed E-state index contributed by atoms with van der Waals surface area (Å²) in [5, 5.41) is 0. The largest absolute Gasteiger partial charge is 0.460 e. The van der Waals surface area contributed by atoms with E-state index in [1.54, 1.807) is 0 Å². The average Bonchev–Trinajstić information content (AvgIpc) is 2.77. The summed E-state index contributed by atoms with van der Waals surface area (Å²) in [7, 11) is 0. The summed E-state index contributed by atoms with van der Waals surface area (Å²) in [5.74, 6) is -79.3. The van der Waals surface area contributed by atoms with Crippen LogP contribution < -0.4 is 0 Å². The summed E-state index contributed by atoms with van der Waals surface area (Å²) in [6.07, 6.45) is -9.21. The SMILES string of the molecule is CC1=CCC(C(C)CC(F)(F)C(F)(F)C(F)(F)C(F)(F)C(F)(F)C(F)(F)C(F)(F)C(F)(F)C(F)(F)C(F)(F)F)CC1. The third-order valence-corrected chi connectivity index (χ3v) is 6.64. The molecule has 0 amide bonds. The molecule has 0 N–H and O–H groups in total. The lowest BCUT2D eigenvalue weighted by molar-refractivity contribution is -0.474. The molecule has 21 heteroatoms. The molecule has 0 nitrogen and oxygen atoms in total. The van der Waals surface area contributed by atoms with Crippen molar-refractivity contribution >= 4 is 0 Å². The number of rotatable bonds is 11. The number of hydrogen-bond acceptors (Lipinski definition) is 0. The predicted molar refractivity (Wildman–Crippen MR) is 95.5 cm³/mol. The first-order chi connectivity index (χ1) is 17.6. The Bertz CT molecular complexity index is 970. The quantitative estimate of drug-likeness (QED) is 0.154. The maximum atomic E-state index is 14.2. The standard InChI is InChI=1S/C20H17F21/c1-8-3-5-10(6-4-8)9(2)7-11(21,22)12(23,24)13(25,26)14(27,28)15(29,30)16(31,32)17(33,34)18(35,36)19(37,38)20(39,40)41/h3,9-10H,4-7H2,1-2H3. The molecule has 0 aromatic carbocycles. The Kier molecular flexibility index (Phi) is 9.26. The number of alkyl halides is 21. The molecule has 0 spiro atoms. The zero-order chi connectivity index (χ0) is 33.3. The van der Waals surface area contributed by atoms with E-state index in [2.05, 4.69) is 0 Å². The number of hydrogen-bond donors (Lipinski definition) is 0. The van der Waals surface area contributed by atoms with E-state index in [1.807, 2.05) is 0 Å². The van der Waals surface area contributed by atoms with E-state index in [0.29, 0.717) is 12.5 Å². The molecule has 0 saturated carbocycles. The van der Waals surface area contributed by atoms with Crippen LogP contribution in [0, 0.1) is 11.8 Å². The lowest BCUT2D eigenvalue weighted by Gasteiger charge is -2.45. The van der Waals surface area contributed by atoms with Crippen LogP contribution in [0.3, 0.4) is 0 Å². The molecule has 244 valence electrons. The van der Waals surface area contributed by atoms with Gasteiger partial charge >= 0.3 is 59.5 Å². The minimum Gasteiger partial charge on any atom is -0.200 e. The topological polar surface area (TPSA) is 0 Å². The Morgan fingerprint density at radius 1 is 0.561 bits per heavy atom. The molecule has 0 aromatic rings. The monoisotopic (exact) mass is 656 g/mol. The first kappa shape index (κ1) is 37.3. The summed E-state index contributed by atoms with van der Waals surface area (Å²) in [4.78, 5) is 0. The summed E-state index contributed by atoms with van der Waals surface area (Å²) in [6.45, 7) is 2.22. The van der Waals surface area contributed by atoms with E-state index in [4.69, 9.17) is 0 Å². The smallest absolute Gasteiger partial charge is 0.200 e. The lowest BCUT2D eigenvalue weighted by atomic mass is 9.77. The number of halogens is 21. The highest BCUT2D eigenvalue weighted by atomic mass is 19.4. The third kappa shape index (κ3) is 5.21. The predicted octanol–water partition coefficient (Wildman–Crippen LogP) is 10.0. The molecule has 1 aliphatic carbocycles. The second-order valence-electron chi connectivity index (χ2n) is 9.56. The molecule has 1 aliphatic rings. The summed E-state index contributed by atoms with van der Waals surface area (Å²) >= 11 is 0. The van der Waals surface area contributed by atoms with E-state index in [1.165, 1.54) is 13.0 Å². The minimum absolute atomic E-state index is 0.0617. The molecule has 0 radical (unpaired) electrons. The van der Waals surface area contributed by atoms with Crippen molar-refractivity contribution in [3.8, 4) is 0 Å². The lowest BCUT2D eigenvalue weighted by Crippen LogP contribution is -2.76. The second-order valence-corrected chi connectivity index (χ2v) is 9.56. The Morgan fingerprint density at radius 3 is 1.17 bits per heavy atom. The van der Waals surface area contributed by atoms with Crippen LogP contribution in [0.25, 0.3) is 0 Å². The van der Waals surface area contributed by atoms with Crippen LogP contribution in [0.1, 0.15) is 39.5 Å². The van der Waals surface area contributed by atoms with E-state index in [-0.39, 0.29) is 19.3 Å². The molecule has 41 heavy (non-hydrogen) atoms. The van der Waals surface area contributed by atoms with Crippen LogP contribution in [-0.2, 0) is 0 Å². The second kappa shape index (κ2) is 10.2. The van der Waals surface area contributed by atoms with Crippen molar-refractivity contribution in [1.82, 2.24) is 0 Å². The van der Waals surface area contributed by atoms with Gasteiger partial charge in [-0.2, -0.15) is 92.2 Å². The van der Waals surface area contributed by atoms with Crippen LogP contribution >= 0.6 is 0 Å². The van der Waals surface area contributed by atoms with E-state index >= 15 is 0 Å². The van der Waals surface area contributed by atoms with Gasteiger partial charge in [0.05, 0.1) is 0 Å². The van der Waals surface area contributed by atoms with Gasteiger partial charge in [0.25, 0.3) is 0 Å². The Morgan fingerprint density at radius 2 is 0.878 bits per heavy atom. The van der Waals surface area contributed by atoms with Gasteiger partial charge in [-0.05, 0) is 38.0 Å². The Labute approximate surface area is 215 Å². The molecule has 0 aliphatic heterocycles. The maximum absolute atomic E-state index is 14.2. The maximum Gasteiger partial charge on any atom is 0.460 e. The van der Waals surface area contributed by atoms with Crippen molar-refractivity contribution in [2.75, 3.05) is 0 Å². The Hall–Kier alpha value is -1.73. The normalized spacial score (nSPS) is 20.7. The zero-order valence-corrected chi connectivity index (χ0v) is 20.0. The molecule has 2 unspecified atom stereocenters. The van der Waals surface area contributed by atoms with E-state index < -0.39 is 77.7 Å². The first-order valence-corrected chi connectivity index (χ1v) is 10.8. The van der Waals surface area contributed by atoms with E-state index in [9.17, 15) is 92.2 Å². The van der Waals surface area contributed by atoms with Gasteiger partial charge in [-0.3, -0.25) is 0 Å². The van der Waals surface area contributed by atoms with Gasteiger partial charge in [0.15, 0.2) is 0 Å². The molecule has 1 rings (SSSR count). The van der Waals surface area contributed by atoms with Crippen LogP contribution in [0.15, 0.2) is 11.6 Å². The van der Waals surface area contributed by atoms with Gasteiger partial charge in [-0.15, -0.1) is 0 Å². The van der Waals surface area contributed by atoms with Crippen molar-refractivity contribution in [3.63, 3.8) is 0 Å². The van der Waals surface area contributed by atoms with Crippen molar-refractivity contribution in [3.05, 3.63) is 11.6 Å². The summed E-state index contributed by atoms with van der Waals surface area (Å²) in [5.41, 5.74) is 0.662. The summed E-state index contributed by atoms with van der Waals surface area (Å²) in [6, 6.07) is 0. The fourth-order valence-corrected chi connectivity index (χ4v) is 3.79. The number of allylic oxidation sites excluding steroid dienone is 2. The highest BCUT2D eigenvalue weighted by Crippen LogP contribution is 2.66. The van der Waals surface area contributed by atoms with Gasteiger partial charge in [0.2, 0.25) is 0 Å².